The summed E-state index contributed by atoms with van der Waals surface area (Å²) in [6, 6.07) is 13.6. The van der Waals surface area contributed by atoms with Crippen LogP contribution in [-0.4, -0.2) is 31.9 Å². The van der Waals surface area contributed by atoms with Crippen LogP contribution in [0, 0.1) is 0 Å². The van der Waals surface area contributed by atoms with Crippen molar-refractivity contribution in [3.05, 3.63) is 59.2 Å². The van der Waals surface area contributed by atoms with Crippen LogP contribution in [0.4, 0.5) is 0 Å². The Morgan fingerprint density at radius 2 is 1.96 bits per heavy atom. The first-order valence-corrected chi connectivity index (χ1v) is 8.32. The first kappa shape index (κ1) is 17.0. The van der Waals surface area contributed by atoms with Crippen LogP contribution in [0.3, 0.4) is 0 Å². The fourth-order valence-corrected chi connectivity index (χ4v) is 2.78. The average molecular weight is 339 g/mol. The highest BCUT2D eigenvalue weighted by molar-refractivity contribution is 6.44. The lowest BCUT2D eigenvalue weighted by Gasteiger charge is -2.19. The fourth-order valence-electron chi connectivity index (χ4n) is 2.78. The molecular formula is C20H21NO4. The standard InChI is InChI=1S/C20H21NO4/c1-3-24-20(22)19-16-12-18(25-13-14-7-5-4-6-8-14)17(23-2)11-15(16)9-10-21-19/h4-8,11-12H,3,9-10,13H2,1-2H3. The van der Waals surface area contributed by atoms with Crippen molar-refractivity contribution < 1.29 is 19.0 Å². The largest absolute Gasteiger partial charge is 0.493 e. The lowest BCUT2D eigenvalue weighted by Crippen LogP contribution is -2.24. The van der Waals surface area contributed by atoms with Gasteiger partial charge in [-0.15, -0.1) is 0 Å². The van der Waals surface area contributed by atoms with E-state index in [0.29, 0.717) is 37.0 Å². The minimum atomic E-state index is -0.400. The maximum Gasteiger partial charge on any atom is 0.357 e. The molecule has 5 heteroatoms. The lowest BCUT2D eigenvalue weighted by atomic mass is 9.96. The third-order valence-electron chi connectivity index (χ3n) is 4.00. The number of rotatable bonds is 6. The second-order valence-electron chi connectivity index (χ2n) is 5.64. The third kappa shape index (κ3) is 3.82. The molecule has 0 radical (unpaired) electrons. The van der Waals surface area contributed by atoms with Gasteiger partial charge in [-0.1, -0.05) is 30.3 Å². The van der Waals surface area contributed by atoms with E-state index in [1.165, 1.54) is 0 Å². The molecule has 0 atom stereocenters. The van der Waals surface area contributed by atoms with Crippen LogP contribution in [0.15, 0.2) is 47.5 Å². The quantitative estimate of drug-likeness (QED) is 0.759. The third-order valence-corrected chi connectivity index (χ3v) is 4.00. The molecule has 0 spiro atoms. The van der Waals surface area contributed by atoms with Gasteiger partial charge < -0.3 is 14.2 Å². The molecule has 3 rings (SSSR count). The summed E-state index contributed by atoms with van der Waals surface area (Å²) in [4.78, 5) is 16.5. The number of ether oxygens (including phenoxy) is 3. The van der Waals surface area contributed by atoms with E-state index >= 15 is 0 Å². The normalized spacial score (nSPS) is 12.8. The zero-order valence-corrected chi connectivity index (χ0v) is 14.5. The van der Waals surface area contributed by atoms with Crippen LogP contribution >= 0.6 is 0 Å². The van der Waals surface area contributed by atoms with E-state index in [2.05, 4.69) is 4.99 Å². The van der Waals surface area contributed by atoms with Gasteiger partial charge in [0, 0.05) is 12.1 Å². The Kier molecular flexibility index (Phi) is 5.33. The van der Waals surface area contributed by atoms with Crippen molar-refractivity contribution in [2.24, 2.45) is 4.99 Å². The number of hydrogen-bond acceptors (Lipinski definition) is 5. The Morgan fingerprint density at radius 1 is 1.16 bits per heavy atom. The molecule has 0 unspecified atom stereocenters. The summed E-state index contributed by atoms with van der Waals surface area (Å²) < 4.78 is 16.5. The van der Waals surface area contributed by atoms with Crippen LogP contribution in [0.25, 0.3) is 0 Å². The van der Waals surface area contributed by atoms with Gasteiger partial charge >= 0.3 is 5.97 Å². The molecule has 1 aliphatic rings. The second kappa shape index (κ2) is 7.83. The number of carbonyl (C=O) groups is 1. The Hall–Kier alpha value is -2.82. The Morgan fingerprint density at radius 3 is 2.68 bits per heavy atom. The van der Waals surface area contributed by atoms with Gasteiger partial charge in [-0.3, -0.25) is 4.99 Å². The summed E-state index contributed by atoms with van der Waals surface area (Å²) in [5.74, 6) is 0.839. The van der Waals surface area contributed by atoms with Crippen LogP contribution in [0.5, 0.6) is 11.5 Å². The number of nitrogens with zero attached hydrogens (tertiary/aromatic N) is 1. The van der Waals surface area contributed by atoms with E-state index in [9.17, 15) is 4.79 Å². The van der Waals surface area contributed by atoms with Gasteiger partial charge in [0.05, 0.1) is 13.7 Å². The zero-order valence-electron chi connectivity index (χ0n) is 14.5. The maximum atomic E-state index is 12.2. The van der Waals surface area contributed by atoms with Gasteiger partial charge in [0.25, 0.3) is 0 Å². The fraction of sp³-hybridized carbons (Fsp3) is 0.300. The minimum absolute atomic E-state index is 0.320. The molecular weight excluding hydrogens is 318 g/mol. The van der Waals surface area contributed by atoms with E-state index in [4.69, 9.17) is 14.2 Å². The van der Waals surface area contributed by atoms with Gasteiger partial charge in [0.1, 0.15) is 6.61 Å². The van der Waals surface area contributed by atoms with Crippen molar-refractivity contribution in [1.82, 2.24) is 0 Å². The number of esters is 1. The van der Waals surface area contributed by atoms with Crippen molar-refractivity contribution in [3.8, 4) is 11.5 Å². The number of benzene rings is 2. The van der Waals surface area contributed by atoms with Crippen LogP contribution in [-0.2, 0) is 22.6 Å². The molecule has 2 aromatic rings. The van der Waals surface area contributed by atoms with Crippen LogP contribution in [0.2, 0.25) is 0 Å². The SMILES string of the molecule is CCOC(=O)C1=NCCc2cc(OC)c(OCc3ccccc3)cc21. The predicted molar refractivity (Wildman–Crippen MR) is 95.5 cm³/mol. The van der Waals surface area contributed by atoms with Gasteiger partial charge in [-0.05, 0) is 36.6 Å². The molecule has 1 aliphatic heterocycles. The van der Waals surface area contributed by atoms with Crippen molar-refractivity contribution in [2.45, 2.75) is 20.0 Å². The molecule has 130 valence electrons. The molecule has 2 aromatic carbocycles. The van der Waals surface area contributed by atoms with Crippen LogP contribution in [0.1, 0.15) is 23.6 Å². The van der Waals surface area contributed by atoms with Crippen molar-refractivity contribution in [2.75, 3.05) is 20.3 Å². The number of fused-ring (bicyclic) bond motifs is 1. The first-order valence-electron chi connectivity index (χ1n) is 8.32. The Balaban J connectivity index is 1.90. The van der Waals surface area contributed by atoms with E-state index in [-0.39, 0.29) is 0 Å². The number of carbonyl (C=O) groups excluding carboxylic acids is 1. The second-order valence-corrected chi connectivity index (χ2v) is 5.64. The van der Waals surface area contributed by atoms with Gasteiger partial charge in [0.2, 0.25) is 0 Å². The van der Waals surface area contributed by atoms with E-state index in [1.54, 1.807) is 14.0 Å². The molecule has 0 amide bonds. The Labute approximate surface area is 147 Å². The van der Waals surface area contributed by atoms with Crippen molar-refractivity contribution >= 4 is 11.7 Å². The van der Waals surface area contributed by atoms with Crippen molar-refractivity contribution in [3.63, 3.8) is 0 Å². The van der Waals surface area contributed by atoms with E-state index in [1.807, 2.05) is 42.5 Å². The number of hydrogen-bond donors (Lipinski definition) is 0. The number of methoxy groups -OCH3 is 1. The first-order chi connectivity index (χ1) is 12.2. The molecule has 0 aliphatic carbocycles. The minimum Gasteiger partial charge on any atom is -0.493 e. The molecule has 1 heterocycles. The highest BCUT2D eigenvalue weighted by atomic mass is 16.5. The molecule has 25 heavy (non-hydrogen) atoms. The lowest BCUT2D eigenvalue weighted by molar-refractivity contribution is -0.134. The van der Waals surface area contributed by atoms with Gasteiger partial charge in [-0.25, -0.2) is 4.79 Å². The summed E-state index contributed by atoms with van der Waals surface area (Å²) in [6.45, 7) is 3.09. The number of aliphatic imine (C=N–C) groups is 1. The summed E-state index contributed by atoms with van der Waals surface area (Å²) >= 11 is 0. The van der Waals surface area contributed by atoms with Gasteiger partial charge in [-0.2, -0.15) is 0 Å². The molecule has 0 bridgehead atoms. The van der Waals surface area contributed by atoms with Crippen LogP contribution < -0.4 is 9.47 Å². The predicted octanol–water partition coefficient (Wildman–Crippen LogP) is 3.18. The monoisotopic (exact) mass is 339 g/mol. The molecule has 0 aromatic heterocycles. The molecule has 0 fully saturated rings. The van der Waals surface area contributed by atoms with Gasteiger partial charge in [0.15, 0.2) is 17.2 Å². The van der Waals surface area contributed by atoms with Crippen molar-refractivity contribution in [1.29, 1.82) is 0 Å². The maximum absolute atomic E-state index is 12.2. The summed E-state index contributed by atoms with van der Waals surface area (Å²) in [6.07, 6.45) is 0.758. The highest BCUT2D eigenvalue weighted by Crippen LogP contribution is 2.33. The summed E-state index contributed by atoms with van der Waals surface area (Å²) in [5, 5.41) is 0. The smallest absolute Gasteiger partial charge is 0.357 e. The van der Waals surface area contributed by atoms with E-state index < -0.39 is 5.97 Å². The molecule has 5 nitrogen and oxygen atoms in total. The summed E-state index contributed by atoms with van der Waals surface area (Å²) in [5.41, 5.74) is 3.19. The topological polar surface area (TPSA) is 57.1 Å². The van der Waals surface area contributed by atoms with E-state index in [0.717, 1.165) is 23.1 Å². The zero-order chi connectivity index (χ0) is 17.6. The summed E-state index contributed by atoms with van der Waals surface area (Å²) in [7, 11) is 1.61. The molecule has 0 saturated carbocycles. The Bertz CT molecular complexity index is 784. The average Bonchev–Trinajstić information content (AvgIpc) is 2.66. The molecule has 0 saturated heterocycles. The molecule has 0 N–H and O–H groups in total. The highest BCUT2D eigenvalue weighted by Gasteiger charge is 2.24.